The molecule has 1 heterocycles. The minimum atomic E-state index is -0.160. The maximum absolute atomic E-state index is 12.0. The summed E-state index contributed by atoms with van der Waals surface area (Å²) >= 11 is 0. The van der Waals surface area contributed by atoms with Crippen molar-refractivity contribution >= 4 is 5.91 Å². The average Bonchev–Trinajstić information content (AvgIpc) is 2.76. The van der Waals surface area contributed by atoms with Crippen LogP contribution in [-0.4, -0.2) is 11.9 Å². The number of hydrogen-bond donors (Lipinski definition) is 2. The van der Waals surface area contributed by atoms with Gasteiger partial charge in [-0.2, -0.15) is 0 Å². The molecular weight excluding hydrogens is 216 g/mol. The number of nitrogens with one attached hydrogen (secondary N) is 1. The van der Waals surface area contributed by atoms with Crippen LogP contribution in [0.5, 0.6) is 0 Å². The highest BCUT2D eigenvalue weighted by Crippen LogP contribution is 2.30. The van der Waals surface area contributed by atoms with E-state index in [0.717, 1.165) is 30.6 Å². The third-order valence-electron chi connectivity index (χ3n) is 3.57. The fourth-order valence-corrected chi connectivity index (χ4v) is 2.18. The zero-order chi connectivity index (χ0) is 12.4. The van der Waals surface area contributed by atoms with E-state index in [1.54, 1.807) is 6.26 Å². The molecule has 4 heteroatoms. The number of amides is 1. The van der Waals surface area contributed by atoms with Gasteiger partial charge in [0.1, 0.15) is 5.76 Å². The van der Waals surface area contributed by atoms with Gasteiger partial charge in [0.25, 0.3) is 0 Å². The lowest BCUT2D eigenvalue weighted by Crippen LogP contribution is -2.40. The van der Waals surface area contributed by atoms with Gasteiger partial charge in [0.15, 0.2) is 0 Å². The van der Waals surface area contributed by atoms with Crippen molar-refractivity contribution in [3.05, 3.63) is 23.7 Å². The van der Waals surface area contributed by atoms with Crippen molar-refractivity contribution < 1.29 is 9.21 Å². The molecule has 1 aliphatic carbocycles. The zero-order valence-corrected chi connectivity index (χ0v) is 10.4. The summed E-state index contributed by atoms with van der Waals surface area (Å²) in [5, 5.41) is 3.06. The van der Waals surface area contributed by atoms with Crippen LogP contribution in [0.25, 0.3) is 0 Å². The maximum Gasteiger partial charge on any atom is 0.224 e. The molecule has 0 bridgehead atoms. The first kappa shape index (κ1) is 12.2. The van der Waals surface area contributed by atoms with Crippen molar-refractivity contribution in [2.45, 2.75) is 45.2 Å². The van der Waals surface area contributed by atoms with Gasteiger partial charge in [-0.15, -0.1) is 0 Å². The topological polar surface area (TPSA) is 68.3 Å². The van der Waals surface area contributed by atoms with Crippen LogP contribution in [0.3, 0.4) is 0 Å². The number of hydrogen-bond acceptors (Lipinski definition) is 3. The van der Waals surface area contributed by atoms with Crippen molar-refractivity contribution in [2.75, 3.05) is 0 Å². The Morgan fingerprint density at radius 2 is 2.35 bits per heavy atom. The van der Waals surface area contributed by atoms with Gasteiger partial charge in [-0.3, -0.25) is 4.79 Å². The first-order chi connectivity index (χ1) is 8.09. The summed E-state index contributed by atoms with van der Waals surface area (Å²) in [5.74, 6) is 0.876. The molecule has 1 aromatic heterocycles. The maximum atomic E-state index is 12.0. The van der Waals surface area contributed by atoms with Crippen LogP contribution in [0.4, 0.5) is 0 Å². The summed E-state index contributed by atoms with van der Waals surface area (Å²) in [7, 11) is 0. The smallest absolute Gasteiger partial charge is 0.224 e. The Balaban J connectivity index is 2.04. The van der Waals surface area contributed by atoms with Gasteiger partial charge in [-0.05, 0) is 25.8 Å². The second-order valence-corrected chi connectivity index (χ2v) is 4.90. The van der Waals surface area contributed by atoms with Crippen molar-refractivity contribution in [3.8, 4) is 0 Å². The molecule has 2 rings (SSSR count). The standard InChI is InChI=1S/C13H20N2O2/c1-8(9(2)14)13(16)15-11-4-3-5-12-10(11)6-7-17-12/h6-9,11H,3-5,14H2,1-2H3,(H,15,16). The number of nitrogens with two attached hydrogens (primary N) is 1. The molecule has 0 saturated carbocycles. The molecule has 1 aliphatic rings. The number of carbonyl (C=O) groups excluding carboxylic acids is 1. The molecule has 0 spiro atoms. The molecule has 0 aromatic carbocycles. The highest BCUT2D eigenvalue weighted by atomic mass is 16.3. The van der Waals surface area contributed by atoms with Crippen LogP contribution in [0.2, 0.25) is 0 Å². The van der Waals surface area contributed by atoms with Crippen LogP contribution in [-0.2, 0) is 11.2 Å². The first-order valence-corrected chi connectivity index (χ1v) is 6.22. The monoisotopic (exact) mass is 236 g/mol. The Morgan fingerprint density at radius 1 is 1.59 bits per heavy atom. The molecule has 0 radical (unpaired) electrons. The summed E-state index contributed by atoms with van der Waals surface area (Å²) in [5.41, 5.74) is 6.86. The van der Waals surface area contributed by atoms with Crippen molar-refractivity contribution in [1.29, 1.82) is 0 Å². The summed E-state index contributed by atoms with van der Waals surface area (Å²) < 4.78 is 5.40. The van der Waals surface area contributed by atoms with E-state index in [4.69, 9.17) is 10.2 Å². The zero-order valence-electron chi connectivity index (χ0n) is 10.4. The normalized spacial score (nSPS) is 22.6. The lowest BCUT2D eigenvalue weighted by Gasteiger charge is -2.25. The number of rotatable bonds is 3. The Labute approximate surface area is 102 Å². The fourth-order valence-electron chi connectivity index (χ4n) is 2.18. The number of aryl methyl sites for hydroxylation is 1. The van der Waals surface area contributed by atoms with E-state index < -0.39 is 0 Å². The molecule has 3 unspecified atom stereocenters. The van der Waals surface area contributed by atoms with Crippen molar-refractivity contribution in [3.63, 3.8) is 0 Å². The highest BCUT2D eigenvalue weighted by molar-refractivity contribution is 5.79. The van der Waals surface area contributed by atoms with E-state index >= 15 is 0 Å². The summed E-state index contributed by atoms with van der Waals surface area (Å²) in [4.78, 5) is 12.0. The Kier molecular flexibility index (Phi) is 3.52. The third-order valence-corrected chi connectivity index (χ3v) is 3.57. The van der Waals surface area contributed by atoms with E-state index in [-0.39, 0.29) is 23.9 Å². The number of furan rings is 1. The molecule has 17 heavy (non-hydrogen) atoms. The average molecular weight is 236 g/mol. The predicted molar refractivity (Wildman–Crippen MR) is 65.3 cm³/mol. The van der Waals surface area contributed by atoms with Crippen LogP contribution >= 0.6 is 0 Å². The van der Waals surface area contributed by atoms with Gasteiger partial charge >= 0.3 is 0 Å². The van der Waals surface area contributed by atoms with E-state index in [0.29, 0.717) is 0 Å². The molecule has 0 aliphatic heterocycles. The van der Waals surface area contributed by atoms with Gasteiger partial charge in [-0.1, -0.05) is 6.92 Å². The van der Waals surface area contributed by atoms with Gasteiger partial charge in [0.05, 0.1) is 12.3 Å². The highest BCUT2D eigenvalue weighted by Gasteiger charge is 2.26. The van der Waals surface area contributed by atoms with E-state index in [2.05, 4.69) is 5.32 Å². The van der Waals surface area contributed by atoms with Gasteiger partial charge in [0.2, 0.25) is 5.91 Å². The van der Waals surface area contributed by atoms with Crippen LogP contribution in [0.1, 0.15) is 44.1 Å². The largest absolute Gasteiger partial charge is 0.469 e. The van der Waals surface area contributed by atoms with Gasteiger partial charge in [-0.25, -0.2) is 0 Å². The lowest BCUT2D eigenvalue weighted by atomic mass is 9.92. The molecule has 0 fully saturated rings. The molecular formula is C13H20N2O2. The SMILES string of the molecule is CC(N)C(C)C(=O)NC1CCCc2occc21. The predicted octanol–water partition coefficient (Wildman–Crippen LogP) is 1.76. The van der Waals surface area contributed by atoms with Gasteiger partial charge in [0, 0.05) is 23.9 Å². The second-order valence-electron chi connectivity index (χ2n) is 4.90. The molecule has 3 N–H and O–H groups in total. The fraction of sp³-hybridized carbons (Fsp3) is 0.615. The van der Waals surface area contributed by atoms with Crippen LogP contribution in [0.15, 0.2) is 16.7 Å². The number of carbonyl (C=O) groups is 1. The first-order valence-electron chi connectivity index (χ1n) is 6.22. The van der Waals surface area contributed by atoms with E-state index in [1.807, 2.05) is 19.9 Å². The Morgan fingerprint density at radius 3 is 3.06 bits per heavy atom. The van der Waals surface area contributed by atoms with Gasteiger partial charge < -0.3 is 15.5 Å². The van der Waals surface area contributed by atoms with E-state index in [9.17, 15) is 4.79 Å². The summed E-state index contributed by atoms with van der Waals surface area (Å²) in [6.07, 6.45) is 4.70. The minimum absolute atomic E-state index is 0.0269. The van der Waals surface area contributed by atoms with Crippen molar-refractivity contribution in [1.82, 2.24) is 5.32 Å². The lowest BCUT2D eigenvalue weighted by molar-refractivity contribution is -0.125. The Bertz CT molecular complexity index is 398. The van der Waals surface area contributed by atoms with E-state index in [1.165, 1.54) is 0 Å². The van der Waals surface area contributed by atoms with Crippen LogP contribution in [0, 0.1) is 5.92 Å². The second kappa shape index (κ2) is 4.92. The van der Waals surface area contributed by atoms with Crippen molar-refractivity contribution in [2.24, 2.45) is 11.7 Å². The molecule has 94 valence electrons. The molecule has 4 nitrogen and oxygen atoms in total. The summed E-state index contributed by atoms with van der Waals surface area (Å²) in [6, 6.07) is 1.92. The third kappa shape index (κ3) is 2.52. The Hall–Kier alpha value is -1.29. The minimum Gasteiger partial charge on any atom is -0.469 e. The summed E-state index contributed by atoms with van der Waals surface area (Å²) in [6.45, 7) is 3.72. The van der Waals surface area contributed by atoms with Crippen LogP contribution < -0.4 is 11.1 Å². The molecule has 0 saturated heterocycles. The quantitative estimate of drug-likeness (QED) is 0.840. The molecule has 1 aromatic rings. The molecule has 3 atom stereocenters. The molecule has 1 amide bonds. The number of fused-ring (bicyclic) bond motifs is 1.